The Bertz CT molecular complexity index is 474. The minimum atomic E-state index is 0.254. The second kappa shape index (κ2) is 3.11. The van der Waals surface area contributed by atoms with E-state index in [2.05, 4.69) is 29.2 Å². The molecule has 1 aliphatic carbocycles. The molecular formula is C13H16N2. The molecule has 0 saturated heterocycles. The van der Waals surface area contributed by atoms with Crippen LogP contribution in [-0.2, 0) is 5.41 Å². The average molecular weight is 200 g/mol. The molecule has 3 rings (SSSR count). The van der Waals surface area contributed by atoms with Gasteiger partial charge in [0.15, 0.2) is 0 Å². The van der Waals surface area contributed by atoms with Gasteiger partial charge in [0.05, 0.1) is 0 Å². The molecule has 1 aromatic heterocycles. The van der Waals surface area contributed by atoms with E-state index in [4.69, 9.17) is 5.73 Å². The van der Waals surface area contributed by atoms with E-state index in [1.807, 2.05) is 6.20 Å². The summed E-state index contributed by atoms with van der Waals surface area (Å²) < 4.78 is 0. The average Bonchev–Trinajstić information content (AvgIpc) is 2.65. The SMILES string of the molecule is NCC1(c2cccc3cc[nH]c23)CCC1. The minimum Gasteiger partial charge on any atom is -0.361 e. The van der Waals surface area contributed by atoms with Crippen LogP contribution in [0.15, 0.2) is 30.5 Å². The van der Waals surface area contributed by atoms with Crippen LogP contribution < -0.4 is 5.73 Å². The Morgan fingerprint density at radius 2 is 2.13 bits per heavy atom. The normalized spacial score (nSPS) is 19.0. The van der Waals surface area contributed by atoms with Gasteiger partial charge in [-0.3, -0.25) is 0 Å². The van der Waals surface area contributed by atoms with Crippen LogP contribution in [0.2, 0.25) is 0 Å². The lowest BCUT2D eigenvalue weighted by molar-refractivity contribution is 0.255. The Morgan fingerprint density at radius 3 is 2.80 bits per heavy atom. The molecule has 1 aromatic carbocycles. The number of nitrogens with one attached hydrogen (secondary N) is 1. The van der Waals surface area contributed by atoms with Crippen LogP contribution in [0.25, 0.3) is 10.9 Å². The van der Waals surface area contributed by atoms with Crippen molar-refractivity contribution in [3.8, 4) is 0 Å². The van der Waals surface area contributed by atoms with E-state index in [0.717, 1.165) is 6.54 Å². The first-order chi connectivity index (χ1) is 7.36. The molecule has 2 nitrogen and oxygen atoms in total. The lowest BCUT2D eigenvalue weighted by atomic mass is 9.64. The second-order valence-electron chi connectivity index (χ2n) is 4.59. The van der Waals surface area contributed by atoms with Crippen LogP contribution in [0.3, 0.4) is 0 Å². The first-order valence-electron chi connectivity index (χ1n) is 5.62. The summed E-state index contributed by atoms with van der Waals surface area (Å²) in [5.74, 6) is 0. The summed E-state index contributed by atoms with van der Waals surface area (Å²) in [7, 11) is 0. The smallest absolute Gasteiger partial charge is 0.0492 e. The van der Waals surface area contributed by atoms with E-state index in [1.54, 1.807) is 0 Å². The van der Waals surface area contributed by atoms with Crippen LogP contribution in [0.4, 0.5) is 0 Å². The Labute approximate surface area is 89.5 Å². The number of para-hydroxylation sites is 1. The number of H-pyrrole nitrogens is 1. The predicted molar refractivity (Wildman–Crippen MR) is 62.9 cm³/mol. The lowest BCUT2D eigenvalue weighted by Gasteiger charge is -2.41. The topological polar surface area (TPSA) is 41.8 Å². The van der Waals surface area contributed by atoms with Crippen LogP contribution >= 0.6 is 0 Å². The van der Waals surface area contributed by atoms with E-state index >= 15 is 0 Å². The predicted octanol–water partition coefficient (Wildman–Crippen LogP) is 2.55. The van der Waals surface area contributed by atoms with Gasteiger partial charge in [-0.25, -0.2) is 0 Å². The number of hydrogen-bond acceptors (Lipinski definition) is 1. The molecule has 2 heteroatoms. The number of rotatable bonds is 2. The van der Waals surface area contributed by atoms with Gasteiger partial charge in [-0.15, -0.1) is 0 Å². The van der Waals surface area contributed by atoms with Crippen molar-refractivity contribution in [3.05, 3.63) is 36.0 Å². The number of fused-ring (bicyclic) bond motifs is 1. The fourth-order valence-electron chi connectivity index (χ4n) is 2.71. The summed E-state index contributed by atoms with van der Waals surface area (Å²) in [6, 6.07) is 8.64. The third-order valence-corrected chi connectivity index (χ3v) is 3.86. The summed E-state index contributed by atoms with van der Waals surface area (Å²) in [6.45, 7) is 0.769. The Balaban J connectivity index is 2.21. The molecule has 78 valence electrons. The summed E-state index contributed by atoms with van der Waals surface area (Å²) in [6.07, 6.45) is 5.80. The van der Waals surface area contributed by atoms with Crippen molar-refractivity contribution < 1.29 is 0 Å². The summed E-state index contributed by atoms with van der Waals surface area (Å²) in [5, 5.41) is 1.30. The minimum absolute atomic E-state index is 0.254. The number of nitrogens with two attached hydrogens (primary N) is 1. The fourth-order valence-corrected chi connectivity index (χ4v) is 2.71. The molecule has 1 heterocycles. The molecule has 0 radical (unpaired) electrons. The molecule has 0 atom stereocenters. The Morgan fingerprint density at radius 1 is 1.27 bits per heavy atom. The molecule has 0 bridgehead atoms. The van der Waals surface area contributed by atoms with Crippen molar-refractivity contribution in [2.75, 3.05) is 6.54 Å². The quantitative estimate of drug-likeness (QED) is 0.768. The highest BCUT2D eigenvalue weighted by Crippen LogP contribution is 2.44. The first kappa shape index (κ1) is 8.98. The van der Waals surface area contributed by atoms with Crippen molar-refractivity contribution in [1.82, 2.24) is 4.98 Å². The zero-order valence-electron chi connectivity index (χ0n) is 8.79. The number of aromatic nitrogens is 1. The third-order valence-electron chi connectivity index (χ3n) is 3.86. The highest BCUT2D eigenvalue weighted by Gasteiger charge is 2.38. The Hall–Kier alpha value is -1.28. The maximum absolute atomic E-state index is 5.95. The largest absolute Gasteiger partial charge is 0.361 e. The van der Waals surface area contributed by atoms with Crippen molar-refractivity contribution in [2.24, 2.45) is 5.73 Å². The van der Waals surface area contributed by atoms with Gasteiger partial charge in [0.1, 0.15) is 0 Å². The van der Waals surface area contributed by atoms with Gasteiger partial charge in [0.2, 0.25) is 0 Å². The van der Waals surface area contributed by atoms with Gasteiger partial charge >= 0.3 is 0 Å². The molecule has 1 fully saturated rings. The summed E-state index contributed by atoms with van der Waals surface area (Å²) in [5.41, 5.74) is 8.90. The van der Waals surface area contributed by atoms with Crippen molar-refractivity contribution >= 4 is 10.9 Å². The summed E-state index contributed by atoms with van der Waals surface area (Å²) >= 11 is 0. The lowest BCUT2D eigenvalue weighted by Crippen LogP contribution is -2.41. The van der Waals surface area contributed by atoms with Crippen LogP contribution in [0, 0.1) is 0 Å². The molecule has 15 heavy (non-hydrogen) atoms. The standard InChI is InChI=1S/C13H16N2/c14-9-13(6-2-7-13)11-4-1-3-10-5-8-15-12(10)11/h1,3-5,8,15H,2,6-7,9,14H2. The van der Waals surface area contributed by atoms with E-state index in [1.165, 1.54) is 35.7 Å². The monoisotopic (exact) mass is 200 g/mol. The number of benzene rings is 1. The molecule has 0 amide bonds. The second-order valence-corrected chi connectivity index (χ2v) is 4.59. The maximum Gasteiger partial charge on any atom is 0.0492 e. The third kappa shape index (κ3) is 1.15. The molecule has 1 saturated carbocycles. The van der Waals surface area contributed by atoms with Gasteiger partial charge in [-0.05, 0) is 29.9 Å². The van der Waals surface area contributed by atoms with E-state index in [-0.39, 0.29) is 5.41 Å². The van der Waals surface area contributed by atoms with Gasteiger partial charge in [0, 0.05) is 23.7 Å². The van der Waals surface area contributed by atoms with E-state index in [9.17, 15) is 0 Å². The summed E-state index contributed by atoms with van der Waals surface area (Å²) in [4.78, 5) is 3.34. The number of hydrogen-bond donors (Lipinski definition) is 2. The van der Waals surface area contributed by atoms with Gasteiger partial charge in [-0.1, -0.05) is 24.6 Å². The van der Waals surface area contributed by atoms with Gasteiger partial charge < -0.3 is 10.7 Å². The fraction of sp³-hybridized carbons (Fsp3) is 0.385. The van der Waals surface area contributed by atoms with Crippen molar-refractivity contribution in [2.45, 2.75) is 24.7 Å². The maximum atomic E-state index is 5.95. The highest BCUT2D eigenvalue weighted by molar-refractivity contribution is 5.83. The molecule has 1 aliphatic rings. The number of aromatic amines is 1. The van der Waals surface area contributed by atoms with E-state index < -0.39 is 0 Å². The van der Waals surface area contributed by atoms with Crippen molar-refractivity contribution in [1.29, 1.82) is 0 Å². The molecule has 3 N–H and O–H groups in total. The molecule has 0 unspecified atom stereocenters. The van der Waals surface area contributed by atoms with Crippen molar-refractivity contribution in [3.63, 3.8) is 0 Å². The Kier molecular flexibility index (Phi) is 1.86. The van der Waals surface area contributed by atoms with E-state index in [0.29, 0.717) is 0 Å². The van der Waals surface area contributed by atoms with Crippen LogP contribution in [0.1, 0.15) is 24.8 Å². The molecule has 0 spiro atoms. The molecule has 2 aromatic rings. The van der Waals surface area contributed by atoms with Gasteiger partial charge in [-0.2, -0.15) is 0 Å². The van der Waals surface area contributed by atoms with Crippen LogP contribution in [0.5, 0.6) is 0 Å². The zero-order chi connectivity index (χ0) is 10.3. The highest BCUT2D eigenvalue weighted by atomic mass is 14.7. The van der Waals surface area contributed by atoms with Gasteiger partial charge in [0.25, 0.3) is 0 Å². The molecular weight excluding hydrogens is 184 g/mol. The zero-order valence-corrected chi connectivity index (χ0v) is 8.79. The first-order valence-corrected chi connectivity index (χ1v) is 5.62. The van der Waals surface area contributed by atoms with Crippen LogP contribution in [-0.4, -0.2) is 11.5 Å². The molecule has 0 aliphatic heterocycles.